The lowest BCUT2D eigenvalue weighted by molar-refractivity contribution is 0.0209. The fourth-order valence-electron chi connectivity index (χ4n) is 4.05. The first-order valence-electron chi connectivity index (χ1n) is 7.77. The number of hydrogen-bond acceptors (Lipinski definition) is 3. The third-order valence-electron chi connectivity index (χ3n) is 5.23. The van der Waals surface area contributed by atoms with Gasteiger partial charge in [-0.05, 0) is 49.3 Å². The van der Waals surface area contributed by atoms with Crippen molar-refractivity contribution in [2.24, 2.45) is 5.41 Å². The van der Waals surface area contributed by atoms with E-state index in [-0.39, 0.29) is 29.0 Å². The van der Waals surface area contributed by atoms with Gasteiger partial charge in [-0.2, -0.15) is 0 Å². The van der Waals surface area contributed by atoms with E-state index in [1.54, 1.807) is 0 Å². The number of carbonyl (C=O) groups is 1. The molecular formula is C17H22FNO3. The van der Waals surface area contributed by atoms with E-state index < -0.39 is 5.82 Å². The second-order valence-electron chi connectivity index (χ2n) is 6.70. The van der Waals surface area contributed by atoms with Gasteiger partial charge in [0.15, 0.2) is 0 Å². The summed E-state index contributed by atoms with van der Waals surface area (Å²) in [6, 6.07) is 4.13. The number of hydrogen-bond donors (Lipinski definition) is 1. The third-order valence-corrected chi connectivity index (χ3v) is 5.23. The highest BCUT2D eigenvalue weighted by atomic mass is 19.1. The molecule has 1 saturated carbocycles. The van der Waals surface area contributed by atoms with E-state index in [9.17, 15) is 14.3 Å². The zero-order valence-electron chi connectivity index (χ0n) is 13.0. The Morgan fingerprint density at radius 2 is 2.23 bits per heavy atom. The van der Waals surface area contributed by atoms with Crippen LogP contribution in [0.3, 0.4) is 0 Å². The third kappa shape index (κ3) is 2.47. The molecule has 3 rings (SSSR count). The Hall–Kier alpha value is -1.62. The van der Waals surface area contributed by atoms with Gasteiger partial charge in [0.2, 0.25) is 0 Å². The van der Waals surface area contributed by atoms with Crippen LogP contribution < -0.4 is 4.74 Å². The number of benzene rings is 1. The number of carbonyl (C=O) groups excluding carboxylic acids is 1. The molecule has 3 atom stereocenters. The molecule has 22 heavy (non-hydrogen) atoms. The molecule has 4 nitrogen and oxygen atoms in total. The molecular weight excluding hydrogens is 285 g/mol. The van der Waals surface area contributed by atoms with Crippen LogP contribution in [0.25, 0.3) is 0 Å². The summed E-state index contributed by atoms with van der Waals surface area (Å²) in [6.07, 6.45) is 2.82. The van der Waals surface area contributed by atoms with Crippen LogP contribution in [0.1, 0.15) is 43.0 Å². The lowest BCUT2D eigenvalue weighted by Gasteiger charge is -2.41. The summed E-state index contributed by atoms with van der Waals surface area (Å²) in [6.45, 7) is 2.78. The molecule has 2 aliphatic rings. The zero-order chi connectivity index (χ0) is 15.9. The van der Waals surface area contributed by atoms with E-state index >= 15 is 0 Å². The van der Waals surface area contributed by atoms with Crippen LogP contribution >= 0.6 is 0 Å². The van der Waals surface area contributed by atoms with Gasteiger partial charge in [-0.3, -0.25) is 4.79 Å². The maximum Gasteiger partial charge on any atom is 0.257 e. The molecule has 1 N–H and O–H groups in total. The van der Waals surface area contributed by atoms with Gasteiger partial charge in [-0.25, -0.2) is 4.39 Å². The second-order valence-corrected chi connectivity index (χ2v) is 6.70. The molecule has 1 aromatic rings. The Labute approximate surface area is 129 Å². The van der Waals surface area contributed by atoms with Gasteiger partial charge >= 0.3 is 0 Å². The van der Waals surface area contributed by atoms with E-state index in [1.165, 1.54) is 25.3 Å². The topological polar surface area (TPSA) is 49.8 Å². The van der Waals surface area contributed by atoms with E-state index in [4.69, 9.17) is 4.74 Å². The minimum atomic E-state index is -0.440. The first-order chi connectivity index (χ1) is 10.4. The van der Waals surface area contributed by atoms with E-state index in [2.05, 4.69) is 6.92 Å². The number of fused-ring (bicyclic) bond motifs is 1. The van der Waals surface area contributed by atoms with Gasteiger partial charge in [0.1, 0.15) is 11.6 Å². The molecule has 0 aromatic heterocycles. The molecule has 0 unspecified atom stereocenters. The minimum Gasteiger partial charge on any atom is -0.496 e. The molecule has 1 aliphatic heterocycles. The normalized spacial score (nSPS) is 31.0. The smallest absolute Gasteiger partial charge is 0.257 e. The maximum atomic E-state index is 13.5. The summed E-state index contributed by atoms with van der Waals surface area (Å²) in [4.78, 5) is 14.7. The van der Waals surface area contributed by atoms with Crippen molar-refractivity contribution in [2.75, 3.05) is 13.7 Å². The van der Waals surface area contributed by atoms with Crippen molar-refractivity contribution in [3.05, 3.63) is 29.6 Å². The highest BCUT2D eigenvalue weighted by Gasteiger charge is 2.49. The summed E-state index contributed by atoms with van der Waals surface area (Å²) in [5, 5.41) is 9.91. The number of rotatable bonds is 2. The Balaban J connectivity index is 1.89. The van der Waals surface area contributed by atoms with Crippen LogP contribution in [0.15, 0.2) is 18.2 Å². The SMILES string of the molecule is COc1ccc(F)cc1C(=O)N1CC[C@@]2(C)C[C@H](O)CC[C@@H]12. The van der Waals surface area contributed by atoms with Crippen LogP contribution in [0, 0.1) is 11.2 Å². The molecule has 1 aliphatic carbocycles. The summed E-state index contributed by atoms with van der Waals surface area (Å²) in [5.41, 5.74) is 0.228. The van der Waals surface area contributed by atoms with Gasteiger partial charge in [0.25, 0.3) is 5.91 Å². The zero-order valence-corrected chi connectivity index (χ0v) is 13.0. The van der Waals surface area contributed by atoms with Crippen molar-refractivity contribution in [1.29, 1.82) is 0 Å². The van der Waals surface area contributed by atoms with Crippen LogP contribution in [-0.4, -0.2) is 41.7 Å². The molecule has 1 aromatic carbocycles. The average molecular weight is 307 g/mol. The largest absolute Gasteiger partial charge is 0.496 e. The average Bonchev–Trinajstić information content (AvgIpc) is 2.82. The van der Waals surface area contributed by atoms with Crippen LogP contribution in [0.2, 0.25) is 0 Å². The highest BCUT2D eigenvalue weighted by Crippen LogP contribution is 2.47. The molecule has 1 saturated heterocycles. The molecule has 0 radical (unpaired) electrons. The van der Waals surface area contributed by atoms with Gasteiger partial charge in [-0.1, -0.05) is 6.92 Å². The standard InChI is InChI=1S/C17H22FNO3/c1-17-7-8-19(15(17)6-4-12(20)10-17)16(21)13-9-11(18)3-5-14(13)22-2/h3,5,9,12,15,20H,4,6-8,10H2,1-2H3/t12-,15-,17+/m1/s1. The fraction of sp³-hybridized carbons (Fsp3) is 0.588. The summed E-state index contributed by atoms with van der Waals surface area (Å²) < 4.78 is 18.7. The minimum absolute atomic E-state index is 0.0477. The molecule has 5 heteroatoms. The molecule has 0 spiro atoms. The van der Waals surface area contributed by atoms with Crippen molar-refractivity contribution in [3.63, 3.8) is 0 Å². The molecule has 120 valence electrons. The summed E-state index contributed by atoms with van der Waals surface area (Å²) in [7, 11) is 1.48. The molecule has 1 amide bonds. The number of amides is 1. The monoisotopic (exact) mass is 307 g/mol. The maximum absolute atomic E-state index is 13.5. The number of nitrogens with zero attached hydrogens (tertiary/aromatic N) is 1. The van der Waals surface area contributed by atoms with Crippen LogP contribution in [0.4, 0.5) is 4.39 Å². The van der Waals surface area contributed by atoms with E-state index in [0.717, 1.165) is 19.3 Å². The first-order valence-corrected chi connectivity index (χ1v) is 7.77. The Bertz CT molecular complexity index is 591. The van der Waals surface area contributed by atoms with Crippen LogP contribution in [0.5, 0.6) is 5.75 Å². The van der Waals surface area contributed by atoms with E-state index in [1.807, 2.05) is 4.90 Å². The summed E-state index contributed by atoms with van der Waals surface area (Å²) >= 11 is 0. The Kier molecular flexibility index (Phi) is 3.85. The number of methoxy groups -OCH3 is 1. The van der Waals surface area contributed by atoms with Crippen molar-refractivity contribution < 1.29 is 19.0 Å². The number of aliphatic hydroxyl groups excluding tert-OH is 1. The molecule has 2 fully saturated rings. The second kappa shape index (κ2) is 5.54. The quantitative estimate of drug-likeness (QED) is 0.913. The summed E-state index contributed by atoms with van der Waals surface area (Å²) in [5.74, 6) is -0.220. The van der Waals surface area contributed by atoms with E-state index in [0.29, 0.717) is 18.7 Å². The Morgan fingerprint density at radius 1 is 1.45 bits per heavy atom. The van der Waals surface area contributed by atoms with Gasteiger partial charge < -0.3 is 14.7 Å². The van der Waals surface area contributed by atoms with Crippen molar-refractivity contribution in [3.8, 4) is 5.75 Å². The number of aliphatic hydroxyl groups is 1. The van der Waals surface area contributed by atoms with Crippen molar-refractivity contribution >= 4 is 5.91 Å². The number of halogens is 1. The van der Waals surface area contributed by atoms with Gasteiger partial charge in [0, 0.05) is 12.6 Å². The Morgan fingerprint density at radius 3 is 2.95 bits per heavy atom. The number of ether oxygens (including phenoxy) is 1. The predicted molar refractivity (Wildman–Crippen MR) is 80.4 cm³/mol. The van der Waals surface area contributed by atoms with Crippen molar-refractivity contribution in [2.45, 2.75) is 44.8 Å². The van der Waals surface area contributed by atoms with Crippen LogP contribution in [-0.2, 0) is 0 Å². The van der Waals surface area contributed by atoms with Gasteiger partial charge in [0.05, 0.1) is 18.8 Å². The molecule has 1 heterocycles. The molecule has 0 bridgehead atoms. The lowest BCUT2D eigenvalue weighted by atomic mass is 9.71. The van der Waals surface area contributed by atoms with Gasteiger partial charge in [-0.15, -0.1) is 0 Å². The van der Waals surface area contributed by atoms with Crippen molar-refractivity contribution in [1.82, 2.24) is 4.90 Å². The number of likely N-dealkylation sites (tertiary alicyclic amines) is 1. The first kappa shape index (κ1) is 15.3. The predicted octanol–water partition coefficient (Wildman–Crippen LogP) is 2.60. The fourth-order valence-corrected chi connectivity index (χ4v) is 4.05. The highest BCUT2D eigenvalue weighted by molar-refractivity contribution is 5.97. The lowest BCUT2D eigenvalue weighted by Crippen LogP contribution is -2.46.